The number of sulfone groups is 1. The lowest BCUT2D eigenvalue weighted by molar-refractivity contribution is 0.0952. The average Bonchev–Trinajstić information content (AvgIpc) is 3.35. The van der Waals surface area contributed by atoms with Crippen LogP contribution in [0.1, 0.15) is 35.2 Å². The van der Waals surface area contributed by atoms with Crippen molar-refractivity contribution in [2.75, 3.05) is 26.9 Å². The third-order valence-corrected chi connectivity index (χ3v) is 6.95. The van der Waals surface area contributed by atoms with Crippen LogP contribution in [0, 0.1) is 0 Å². The largest absolute Gasteiger partial charge is 0.497 e. The van der Waals surface area contributed by atoms with Crippen molar-refractivity contribution in [3.05, 3.63) is 72.2 Å². The molecule has 1 atom stereocenters. The zero-order valence-electron chi connectivity index (χ0n) is 18.7. The van der Waals surface area contributed by atoms with Crippen molar-refractivity contribution in [3.63, 3.8) is 0 Å². The molecule has 1 amide bonds. The van der Waals surface area contributed by atoms with E-state index in [-0.39, 0.29) is 17.2 Å². The Labute approximate surface area is 193 Å². The first-order valence-electron chi connectivity index (χ1n) is 10.5. The third kappa shape index (κ3) is 5.67. The van der Waals surface area contributed by atoms with E-state index in [2.05, 4.69) is 5.32 Å². The molecule has 2 aromatic carbocycles. The van der Waals surface area contributed by atoms with Gasteiger partial charge in [-0.2, -0.15) is 0 Å². The van der Waals surface area contributed by atoms with E-state index in [0.29, 0.717) is 36.0 Å². The molecule has 1 N–H and O–H groups in total. The standard InChI is InChI=1S/C24H27NO7S/c1-4-30-20-13-8-17(15-22(20)31-5-2)24(26)25-16-23(21-7-6-14-32-21)33(27,28)19-11-9-18(29-3)10-12-19/h6-15,23H,4-5,16H2,1-3H3,(H,25,26)/t23-/m0/s1. The number of ether oxygens (including phenoxy) is 3. The minimum Gasteiger partial charge on any atom is -0.497 e. The lowest BCUT2D eigenvalue weighted by Crippen LogP contribution is -2.31. The molecule has 33 heavy (non-hydrogen) atoms. The molecule has 0 fully saturated rings. The van der Waals surface area contributed by atoms with E-state index >= 15 is 0 Å². The molecule has 0 aliphatic heterocycles. The zero-order valence-corrected chi connectivity index (χ0v) is 19.6. The van der Waals surface area contributed by atoms with E-state index in [1.165, 1.54) is 25.5 Å². The Hall–Kier alpha value is -3.46. The predicted octanol–water partition coefficient (Wildman–Crippen LogP) is 4.03. The summed E-state index contributed by atoms with van der Waals surface area (Å²) in [5, 5.41) is 1.60. The molecule has 9 heteroatoms. The predicted molar refractivity (Wildman–Crippen MR) is 123 cm³/mol. The molecule has 0 radical (unpaired) electrons. The number of amides is 1. The van der Waals surface area contributed by atoms with Gasteiger partial charge in [0, 0.05) is 12.1 Å². The molecule has 0 unspecified atom stereocenters. The molecule has 0 aliphatic rings. The Balaban J connectivity index is 1.83. The average molecular weight is 474 g/mol. The molecule has 0 aliphatic carbocycles. The first-order valence-corrected chi connectivity index (χ1v) is 12.0. The van der Waals surface area contributed by atoms with Gasteiger partial charge in [0.15, 0.2) is 21.3 Å². The van der Waals surface area contributed by atoms with Crippen LogP contribution in [0.2, 0.25) is 0 Å². The van der Waals surface area contributed by atoms with Crippen molar-refractivity contribution in [3.8, 4) is 17.2 Å². The molecule has 176 valence electrons. The summed E-state index contributed by atoms with van der Waals surface area (Å²) in [6.45, 7) is 4.37. The van der Waals surface area contributed by atoms with Crippen LogP contribution in [0.25, 0.3) is 0 Å². The Morgan fingerprint density at radius 1 is 1.00 bits per heavy atom. The highest BCUT2D eigenvalue weighted by Crippen LogP contribution is 2.31. The fourth-order valence-electron chi connectivity index (χ4n) is 3.25. The van der Waals surface area contributed by atoms with Crippen LogP contribution in [-0.4, -0.2) is 41.2 Å². The highest BCUT2D eigenvalue weighted by Gasteiger charge is 2.32. The minimum absolute atomic E-state index is 0.0960. The van der Waals surface area contributed by atoms with Gasteiger partial charge in [0.2, 0.25) is 0 Å². The van der Waals surface area contributed by atoms with Crippen LogP contribution in [-0.2, 0) is 9.84 Å². The number of carbonyl (C=O) groups is 1. The highest BCUT2D eigenvalue weighted by molar-refractivity contribution is 7.91. The second-order valence-electron chi connectivity index (χ2n) is 6.96. The van der Waals surface area contributed by atoms with Crippen LogP contribution in [0.5, 0.6) is 17.2 Å². The Bertz CT molecular complexity index is 1160. The molecule has 0 bridgehead atoms. The van der Waals surface area contributed by atoms with Crippen LogP contribution in [0.4, 0.5) is 0 Å². The molecule has 0 saturated heterocycles. The van der Waals surface area contributed by atoms with Gasteiger partial charge in [0.25, 0.3) is 5.91 Å². The summed E-state index contributed by atoms with van der Waals surface area (Å²) in [5.74, 6) is 1.30. The molecular weight excluding hydrogens is 446 g/mol. The van der Waals surface area contributed by atoms with Crippen LogP contribution < -0.4 is 19.5 Å². The van der Waals surface area contributed by atoms with E-state index < -0.39 is 21.0 Å². The molecule has 8 nitrogen and oxygen atoms in total. The molecule has 3 aromatic rings. The number of furan rings is 1. The van der Waals surface area contributed by atoms with Crippen molar-refractivity contribution in [2.45, 2.75) is 24.0 Å². The van der Waals surface area contributed by atoms with Gasteiger partial charge in [-0.15, -0.1) is 0 Å². The highest BCUT2D eigenvalue weighted by atomic mass is 32.2. The van der Waals surface area contributed by atoms with E-state index in [0.717, 1.165) is 0 Å². The maximum atomic E-state index is 13.3. The lowest BCUT2D eigenvalue weighted by atomic mass is 10.2. The summed E-state index contributed by atoms with van der Waals surface area (Å²) >= 11 is 0. The molecule has 0 spiro atoms. The van der Waals surface area contributed by atoms with Crippen molar-refractivity contribution < 1.29 is 31.8 Å². The second-order valence-corrected chi connectivity index (χ2v) is 9.09. The van der Waals surface area contributed by atoms with E-state index in [1.54, 1.807) is 42.5 Å². The number of hydrogen-bond donors (Lipinski definition) is 1. The maximum Gasteiger partial charge on any atom is 0.251 e. The van der Waals surface area contributed by atoms with Crippen molar-refractivity contribution >= 4 is 15.7 Å². The number of rotatable bonds is 11. The SMILES string of the molecule is CCOc1ccc(C(=O)NC[C@@H](c2ccco2)S(=O)(=O)c2ccc(OC)cc2)cc1OCC. The lowest BCUT2D eigenvalue weighted by Gasteiger charge is -2.17. The third-order valence-electron chi connectivity index (χ3n) is 4.88. The Kier molecular flexibility index (Phi) is 8.00. The van der Waals surface area contributed by atoms with E-state index in [4.69, 9.17) is 18.6 Å². The Morgan fingerprint density at radius 3 is 2.30 bits per heavy atom. The summed E-state index contributed by atoms with van der Waals surface area (Å²) in [5.41, 5.74) is 0.321. The van der Waals surface area contributed by atoms with Gasteiger partial charge >= 0.3 is 0 Å². The number of benzene rings is 2. The summed E-state index contributed by atoms with van der Waals surface area (Å²) in [6, 6.07) is 14.1. The molecule has 0 saturated carbocycles. The Morgan fingerprint density at radius 2 is 1.70 bits per heavy atom. The van der Waals surface area contributed by atoms with Crippen molar-refractivity contribution in [2.24, 2.45) is 0 Å². The van der Waals surface area contributed by atoms with Gasteiger partial charge < -0.3 is 23.9 Å². The second kappa shape index (κ2) is 10.9. The summed E-state index contributed by atoms with van der Waals surface area (Å²) in [7, 11) is -2.36. The summed E-state index contributed by atoms with van der Waals surface area (Å²) in [4.78, 5) is 12.9. The van der Waals surface area contributed by atoms with Crippen molar-refractivity contribution in [1.82, 2.24) is 5.32 Å². The van der Waals surface area contributed by atoms with Crippen molar-refractivity contribution in [1.29, 1.82) is 0 Å². The summed E-state index contributed by atoms with van der Waals surface area (Å²) < 4.78 is 48.3. The normalized spacial score (nSPS) is 12.1. The van der Waals surface area contributed by atoms with Gasteiger partial charge in [-0.3, -0.25) is 4.79 Å². The minimum atomic E-state index is -3.87. The van der Waals surface area contributed by atoms with Crippen LogP contribution >= 0.6 is 0 Å². The van der Waals surface area contributed by atoms with Gasteiger partial charge in [-0.25, -0.2) is 8.42 Å². The number of nitrogens with one attached hydrogen (secondary N) is 1. The van der Waals surface area contributed by atoms with Crippen LogP contribution in [0.15, 0.2) is 70.2 Å². The van der Waals surface area contributed by atoms with Gasteiger partial charge in [0.1, 0.15) is 16.8 Å². The molecule has 1 heterocycles. The number of carbonyl (C=O) groups excluding carboxylic acids is 1. The van der Waals surface area contributed by atoms with E-state index in [9.17, 15) is 13.2 Å². The molecule has 3 rings (SSSR count). The summed E-state index contributed by atoms with van der Waals surface area (Å²) in [6.07, 6.45) is 1.40. The van der Waals surface area contributed by atoms with E-state index in [1.807, 2.05) is 13.8 Å². The first kappa shape index (κ1) is 24.2. The van der Waals surface area contributed by atoms with Gasteiger partial charge in [-0.05, 0) is 68.4 Å². The molecule has 1 aromatic heterocycles. The zero-order chi connectivity index (χ0) is 23.8. The number of hydrogen-bond acceptors (Lipinski definition) is 7. The van der Waals surface area contributed by atoms with Gasteiger partial charge in [-0.1, -0.05) is 0 Å². The first-order chi connectivity index (χ1) is 15.9. The monoisotopic (exact) mass is 473 g/mol. The number of methoxy groups -OCH3 is 1. The fraction of sp³-hybridized carbons (Fsp3) is 0.292. The van der Waals surface area contributed by atoms with Gasteiger partial charge in [0.05, 0.1) is 31.5 Å². The maximum absolute atomic E-state index is 13.3. The topological polar surface area (TPSA) is 104 Å². The fourth-order valence-corrected chi connectivity index (χ4v) is 4.83. The smallest absolute Gasteiger partial charge is 0.251 e. The quantitative estimate of drug-likeness (QED) is 0.448. The van der Waals surface area contributed by atoms with Crippen LogP contribution in [0.3, 0.4) is 0 Å². The molecular formula is C24H27NO7S.